The molecule has 0 radical (unpaired) electrons. The van der Waals surface area contributed by atoms with Crippen molar-refractivity contribution in [3.63, 3.8) is 0 Å². The Bertz CT molecular complexity index is 406. The van der Waals surface area contributed by atoms with Crippen molar-refractivity contribution in [2.24, 2.45) is 5.41 Å². The topological polar surface area (TPSA) is 29.5 Å². The molecule has 0 amide bonds. The Labute approximate surface area is 103 Å². The van der Waals surface area contributed by atoms with E-state index in [1.165, 1.54) is 12.1 Å². The zero-order chi connectivity index (χ0) is 11.9. The Kier molecular flexibility index (Phi) is 2.97. The van der Waals surface area contributed by atoms with E-state index in [1.54, 1.807) is 6.07 Å². The minimum absolute atomic E-state index is 0.0238. The van der Waals surface area contributed by atoms with E-state index in [4.69, 9.17) is 4.74 Å². The first-order chi connectivity index (χ1) is 7.41. The molecule has 1 fully saturated rings. The average molecular weight is 289 g/mol. The van der Waals surface area contributed by atoms with Crippen LogP contribution in [0.4, 0.5) is 4.39 Å². The molecule has 1 aromatic carbocycles. The van der Waals surface area contributed by atoms with E-state index in [2.05, 4.69) is 15.9 Å². The zero-order valence-corrected chi connectivity index (χ0v) is 10.8. The van der Waals surface area contributed by atoms with Gasteiger partial charge in [-0.25, -0.2) is 4.39 Å². The van der Waals surface area contributed by atoms with E-state index in [0.717, 1.165) is 0 Å². The molecule has 2 unspecified atom stereocenters. The van der Waals surface area contributed by atoms with Gasteiger partial charge < -0.3 is 9.84 Å². The van der Waals surface area contributed by atoms with Crippen LogP contribution < -0.4 is 4.74 Å². The lowest BCUT2D eigenvalue weighted by molar-refractivity contribution is -0.134. The highest BCUT2D eigenvalue weighted by molar-refractivity contribution is 9.10. The van der Waals surface area contributed by atoms with Gasteiger partial charge in [-0.15, -0.1) is 0 Å². The average Bonchev–Trinajstić information content (AvgIpc) is 2.21. The van der Waals surface area contributed by atoms with Crippen molar-refractivity contribution < 1.29 is 14.2 Å². The lowest BCUT2D eigenvalue weighted by atomic mass is 9.66. The van der Waals surface area contributed by atoms with E-state index in [0.29, 0.717) is 16.6 Å². The molecule has 0 saturated heterocycles. The van der Waals surface area contributed by atoms with Gasteiger partial charge in [0, 0.05) is 11.8 Å². The van der Waals surface area contributed by atoms with Crippen LogP contribution in [0.25, 0.3) is 0 Å². The minimum Gasteiger partial charge on any atom is -0.488 e. The van der Waals surface area contributed by atoms with Crippen molar-refractivity contribution in [1.82, 2.24) is 0 Å². The number of aliphatic hydroxyl groups is 1. The monoisotopic (exact) mass is 288 g/mol. The fourth-order valence-electron chi connectivity index (χ4n) is 1.79. The van der Waals surface area contributed by atoms with Gasteiger partial charge in [-0.3, -0.25) is 0 Å². The van der Waals surface area contributed by atoms with Crippen molar-refractivity contribution in [2.45, 2.75) is 32.5 Å². The van der Waals surface area contributed by atoms with Crippen LogP contribution in [0.5, 0.6) is 5.75 Å². The standard InChI is InChI=1S/C12H14BrFO2/c1-12(2)10(15)6-11(12)16-9-4-3-7(14)5-8(9)13/h3-5,10-11,15H,6H2,1-2H3. The lowest BCUT2D eigenvalue weighted by Gasteiger charge is -2.48. The second kappa shape index (κ2) is 4.00. The van der Waals surface area contributed by atoms with Gasteiger partial charge >= 0.3 is 0 Å². The molecule has 4 heteroatoms. The van der Waals surface area contributed by atoms with Crippen molar-refractivity contribution in [3.8, 4) is 5.75 Å². The number of hydrogen-bond acceptors (Lipinski definition) is 2. The third kappa shape index (κ3) is 1.96. The second-order valence-electron chi connectivity index (χ2n) is 4.75. The summed E-state index contributed by atoms with van der Waals surface area (Å²) < 4.78 is 19.2. The molecule has 2 nitrogen and oxygen atoms in total. The lowest BCUT2D eigenvalue weighted by Crippen LogP contribution is -2.56. The van der Waals surface area contributed by atoms with Crippen LogP contribution >= 0.6 is 15.9 Å². The predicted molar refractivity (Wildman–Crippen MR) is 62.9 cm³/mol. The molecule has 1 saturated carbocycles. The van der Waals surface area contributed by atoms with E-state index in [1.807, 2.05) is 13.8 Å². The van der Waals surface area contributed by atoms with Gasteiger partial charge in [0.05, 0.1) is 10.6 Å². The molecule has 2 rings (SSSR count). The number of ether oxygens (including phenoxy) is 1. The van der Waals surface area contributed by atoms with Crippen molar-refractivity contribution >= 4 is 15.9 Å². The molecule has 88 valence electrons. The van der Waals surface area contributed by atoms with Crippen LogP contribution in [-0.2, 0) is 0 Å². The molecule has 1 aromatic rings. The summed E-state index contributed by atoms with van der Waals surface area (Å²) in [5.74, 6) is 0.318. The highest BCUT2D eigenvalue weighted by atomic mass is 79.9. The molecular weight excluding hydrogens is 275 g/mol. The number of aliphatic hydroxyl groups excluding tert-OH is 1. The maximum absolute atomic E-state index is 12.9. The number of benzene rings is 1. The molecule has 1 aliphatic rings. The van der Waals surface area contributed by atoms with Crippen molar-refractivity contribution in [1.29, 1.82) is 0 Å². The molecule has 1 aliphatic carbocycles. The van der Waals surface area contributed by atoms with Gasteiger partial charge in [0.25, 0.3) is 0 Å². The quantitative estimate of drug-likeness (QED) is 0.906. The summed E-state index contributed by atoms with van der Waals surface area (Å²) in [4.78, 5) is 0. The van der Waals surface area contributed by atoms with Gasteiger partial charge in [-0.2, -0.15) is 0 Å². The van der Waals surface area contributed by atoms with Gasteiger partial charge in [0.1, 0.15) is 17.7 Å². The normalized spacial score (nSPS) is 27.3. The van der Waals surface area contributed by atoms with E-state index in [-0.39, 0.29) is 23.4 Å². The first-order valence-electron chi connectivity index (χ1n) is 5.21. The van der Waals surface area contributed by atoms with E-state index in [9.17, 15) is 9.50 Å². The molecule has 0 aliphatic heterocycles. The summed E-state index contributed by atoms with van der Waals surface area (Å²) in [5, 5.41) is 9.59. The zero-order valence-electron chi connectivity index (χ0n) is 9.21. The Morgan fingerprint density at radius 2 is 2.19 bits per heavy atom. The predicted octanol–water partition coefficient (Wildman–Crippen LogP) is 3.13. The fourth-order valence-corrected chi connectivity index (χ4v) is 2.23. The van der Waals surface area contributed by atoms with Crippen molar-refractivity contribution in [2.75, 3.05) is 0 Å². The SMILES string of the molecule is CC1(C)C(O)CC1Oc1ccc(F)cc1Br. The maximum atomic E-state index is 12.9. The van der Waals surface area contributed by atoms with Crippen LogP contribution in [0, 0.1) is 11.2 Å². The minimum atomic E-state index is -0.322. The summed E-state index contributed by atoms with van der Waals surface area (Å²) >= 11 is 3.25. The molecule has 0 heterocycles. The van der Waals surface area contributed by atoms with Gasteiger partial charge in [-0.05, 0) is 34.1 Å². The molecule has 16 heavy (non-hydrogen) atoms. The molecule has 0 aromatic heterocycles. The summed E-state index contributed by atoms with van der Waals surface area (Å²) in [6.07, 6.45) is 0.276. The van der Waals surface area contributed by atoms with Gasteiger partial charge in [0.2, 0.25) is 0 Å². The Hall–Kier alpha value is -0.610. The number of rotatable bonds is 2. The van der Waals surface area contributed by atoms with Crippen molar-refractivity contribution in [3.05, 3.63) is 28.5 Å². The molecule has 0 spiro atoms. The Morgan fingerprint density at radius 3 is 2.69 bits per heavy atom. The fraction of sp³-hybridized carbons (Fsp3) is 0.500. The first kappa shape index (κ1) is 11.9. The number of hydrogen-bond donors (Lipinski definition) is 1. The Balaban J connectivity index is 2.11. The third-order valence-electron chi connectivity index (χ3n) is 3.29. The van der Waals surface area contributed by atoms with Crippen LogP contribution in [-0.4, -0.2) is 17.3 Å². The maximum Gasteiger partial charge on any atom is 0.134 e. The third-order valence-corrected chi connectivity index (χ3v) is 3.91. The molecule has 0 bridgehead atoms. The highest BCUT2D eigenvalue weighted by Gasteiger charge is 2.49. The highest BCUT2D eigenvalue weighted by Crippen LogP contribution is 2.43. The summed E-state index contributed by atoms with van der Waals surface area (Å²) in [6, 6.07) is 4.33. The summed E-state index contributed by atoms with van der Waals surface area (Å²) in [5.41, 5.74) is -0.242. The second-order valence-corrected chi connectivity index (χ2v) is 5.61. The summed E-state index contributed by atoms with van der Waals surface area (Å²) in [6.45, 7) is 3.92. The van der Waals surface area contributed by atoms with Gasteiger partial charge in [-0.1, -0.05) is 13.8 Å². The van der Waals surface area contributed by atoms with Crippen LogP contribution in [0.2, 0.25) is 0 Å². The van der Waals surface area contributed by atoms with E-state index < -0.39 is 0 Å². The smallest absolute Gasteiger partial charge is 0.134 e. The molecule has 1 N–H and O–H groups in total. The largest absolute Gasteiger partial charge is 0.488 e. The first-order valence-corrected chi connectivity index (χ1v) is 6.00. The molecular formula is C12H14BrFO2. The summed E-state index contributed by atoms with van der Waals surface area (Å²) in [7, 11) is 0. The molecule has 2 atom stereocenters. The number of halogens is 2. The van der Waals surface area contributed by atoms with Crippen LogP contribution in [0.1, 0.15) is 20.3 Å². The Morgan fingerprint density at radius 1 is 1.50 bits per heavy atom. The van der Waals surface area contributed by atoms with Crippen LogP contribution in [0.15, 0.2) is 22.7 Å². The van der Waals surface area contributed by atoms with E-state index >= 15 is 0 Å². The van der Waals surface area contributed by atoms with Gasteiger partial charge in [0.15, 0.2) is 0 Å². The van der Waals surface area contributed by atoms with Crippen LogP contribution in [0.3, 0.4) is 0 Å².